The molecule has 1 aromatic rings. The van der Waals surface area contributed by atoms with Crippen LogP contribution in [0.3, 0.4) is 0 Å². The summed E-state index contributed by atoms with van der Waals surface area (Å²) in [6, 6.07) is 5.84. The minimum Gasteiger partial charge on any atom is -0.378 e. The van der Waals surface area contributed by atoms with E-state index in [-0.39, 0.29) is 24.6 Å². The average molecular weight is 286 g/mol. The highest BCUT2D eigenvalue weighted by Gasteiger charge is 2.22. The molecule has 1 fully saturated rings. The molecular formula is C17H22N2O2. The predicted molar refractivity (Wildman–Crippen MR) is 83.0 cm³/mol. The Labute approximate surface area is 126 Å². The Bertz CT molecular complexity index is 572. The highest BCUT2D eigenvalue weighted by molar-refractivity contribution is 5.97. The van der Waals surface area contributed by atoms with Gasteiger partial charge in [-0.25, -0.2) is 0 Å². The molecule has 2 atom stereocenters. The van der Waals surface area contributed by atoms with E-state index in [1.807, 2.05) is 32.0 Å². The summed E-state index contributed by atoms with van der Waals surface area (Å²) in [6.45, 7) is 4.99. The van der Waals surface area contributed by atoms with Gasteiger partial charge in [0, 0.05) is 18.2 Å². The van der Waals surface area contributed by atoms with Gasteiger partial charge in [-0.15, -0.1) is 0 Å². The second-order valence-electron chi connectivity index (χ2n) is 5.43. The maximum absolute atomic E-state index is 12.5. The minimum absolute atomic E-state index is 0.0737. The first-order valence-electron chi connectivity index (χ1n) is 7.32. The van der Waals surface area contributed by atoms with Gasteiger partial charge in [0.25, 0.3) is 5.91 Å². The van der Waals surface area contributed by atoms with Gasteiger partial charge in [0.15, 0.2) is 0 Å². The van der Waals surface area contributed by atoms with E-state index < -0.39 is 0 Å². The van der Waals surface area contributed by atoms with Crippen LogP contribution < -0.4 is 11.1 Å². The number of ether oxygens (including phenoxy) is 1. The topological polar surface area (TPSA) is 64.3 Å². The SMILES string of the molecule is Cc1ccc(C(=O)NC2CCOC(C)C2)c(C#CCN)c1. The average Bonchev–Trinajstić information content (AvgIpc) is 2.45. The molecule has 4 nitrogen and oxygen atoms in total. The van der Waals surface area contributed by atoms with E-state index in [1.165, 1.54) is 0 Å². The van der Waals surface area contributed by atoms with Crippen LogP contribution in [0.1, 0.15) is 41.3 Å². The van der Waals surface area contributed by atoms with Crippen molar-refractivity contribution in [1.29, 1.82) is 0 Å². The molecule has 112 valence electrons. The van der Waals surface area contributed by atoms with Crippen LogP contribution in [0.25, 0.3) is 0 Å². The van der Waals surface area contributed by atoms with E-state index in [0.717, 1.165) is 24.0 Å². The van der Waals surface area contributed by atoms with Crippen LogP contribution in [-0.4, -0.2) is 31.2 Å². The van der Waals surface area contributed by atoms with E-state index in [0.29, 0.717) is 12.2 Å². The number of hydrogen-bond donors (Lipinski definition) is 2. The zero-order valence-electron chi connectivity index (χ0n) is 12.6. The van der Waals surface area contributed by atoms with Crippen molar-refractivity contribution in [3.8, 4) is 11.8 Å². The van der Waals surface area contributed by atoms with Crippen molar-refractivity contribution in [3.05, 3.63) is 34.9 Å². The molecule has 1 aliphatic rings. The number of nitrogens with one attached hydrogen (secondary N) is 1. The van der Waals surface area contributed by atoms with Gasteiger partial charge in [-0.2, -0.15) is 0 Å². The van der Waals surface area contributed by atoms with E-state index in [9.17, 15) is 4.79 Å². The van der Waals surface area contributed by atoms with Crippen molar-refractivity contribution in [2.75, 3.05) is 13.2 Å². The maximum atomic E-state index is 12.5. The van der Waals surface area contributed by atoms with Crippen molar-refractivity contribution in [1.82, 2.24) is 5.32 Å². The Morgan fingerprint density at radius 3 is 3.05 bits per heavy atom. The largest absolute Gasteiger partial charge is 0.378 e. The second kappa shape index (κ2) is 7.26. The first kappa shape index (κ1) is 15.6. The zero-order valence-corrected chi connectivity index (χ0v) is 12.6. The van der Waals surface area contributed by atoms with Crippen molar-refractivity contribution < 1.29 is 9.53 Å². The molecule has 0 spiro atoms. The Hall–Kier alpha value is -1.83. The number of aryl methyl sites for hydroxylation is 1. The Morgan fingerprint density at radius 2 is 2.33 bits per heavy atom. The molecule has 0 saturated carbocycles. The van der Waals surface area contributed by atoms with Gasteiger partial charge in [0.2, 0.25) is 0 Å². The van der Waals surface area contributed by atoms with Crippen LogP contribution in [-0.2, 0) is 4.74 Å². The van der Waals surface area contributed by atoms with Gasteiger partial charge in [0.05, 0.1) is 18.2 Å². The lowest BCUT2D eigenvalue weighted by atomic mass is 10.0. The van der Waals surface area contributed by atoms with E-state index in [2.05, 4.69) is 17.2 Å². The number of hydrogen-bond acceptors (Lipinski definition) is 3. The monoisotopic (exact) mass is 286 g/mol. The van der Waals surface area contributed by atoms with Crippen molar-refractivity contribution in [2.24, 2.45) is 5.73 Å². The summed E-state index contributed by atoms with van der Waals surface area (Å²) in [5.74, 6) is 5.72. The number of nitrogens with two attached hydrogens (primary N) is 1. The number of benzene rings is 1. The molecule has 1 aromatic carbocycles. The smallest absolute Gasteiger partial charge is 0.252 e. The lowest BCUT2D eigenvalue weighted by Gasteiger charge is -2.28. The summed E-state index contributed by atoms with van der Waals surface area (Å²) in [5, 5.41) is 3.08. The van der Waals surface area contributed by atoms with Crippen LogP contribution in [0.4, 0.5) is 0 Å². The third-order valence-electron chi connectivity index (χ3n) is 3.57. The minimum atomic E-state index is -0.0737. The molecule has 2 unspecified atom stereocenters. The normalized spacial score (nSPS) is 21.3. The Kier molecular flexibility index (Phi) is 5.38. The maximum Gasteiger partial charge on any atom is 0.252 e. The number of carbonyl (C=O) groups is 1. The molecule has 3 N–H and O–H groups in total. The molecule has 0 aliphatic carbocycles. The summed E-state index contributed by atoms with van der Waals surface area (Å²) in [7, 11) is 0. The quantitative estimate of drug-likeness (QED) is 0.812. The third-order valence-corrected chi connectivity index (χ3v) is 3.57. The molecule has 1 aliphatic heterocycles. The van der Waals surface area contributed by atoms with E-state index in [1.54, 1.807) is 0 Å². The highest BCUT2D eigenvalue weighted by Crippen LogP contribution is 2.16. The summed E-state index contributed by atoms with van der Waals surface area (Å²) in [6.07, 6.45) is 1.89. The number of amides is 1. The molecule has 0 bridgehead atoms. The van der Waals surface area contributed by atoms with Crippen molar-refractivity contribution >= 4 is 5.91 Å². The summed E-state index contributed by atoms with van der Waals surface area (Å²) >= 11 is 0. The van der Waals surface area contributed by atoms with Crippen LogP contribution in [0.15, 0.2) is 18.2 Å². The fourth-order valence-electron chi connectivity index (χ4n) is 2.50. The van der Waals surface area contributed by atoms with E-state index in [4.69, 9.17) is 10.5 Å². The first-order chi connectivity index (χ1) is 10.1. The third kappa shape index (κ3) is 4.32. The number of rotatable bonds is 2. The second-order valence-corrected chi connectivity index (χ2v) is 5.43. The first-order valence-corrected chi connectivity index (χ1v) is 7.32. The highest BCUT2D eigenvalue weighted by atomic mass is 16.5. The van der Waals surface area contributed by atoms with Crippen molar-refractivity contribution in [3.63, 3.8) is 0 Å². The molecular weight excluding hydrogens is 264 g/mol. The molecule has 4 heteroatoms. The number of carbonyl (C=O) groups excluding carboxylic acids is 1. The van der Waals surface area contributed by atoms with E-state index >= 15 is 0 Å². The van der Waals surface area contributed by atoms with Gasteiger partial charge in [0.1, 0.15) is 0 Å². The molecule has 21 heavy (non-hydrogen) atoms. The Balaban J connectivity index is 2.14. The van der Waals surface area contributed by atoms with Gasteiger partial charge in [-0.05, 0) is 44.4 Å². The Morgan fingerprint density at radius 1 is 1.52 bits per heavy atom. The fourth-order valence-corrected chi connectivity index (χ4v) is 2.50. The lowest BCUT2D eigenvalue weighted by molar-refractivity contribution is 0.0136. The molecule has 0 radical (unpaired) electrons. The molecule has 1 amide bonds. The molecule has 1 heterocycles. The van der Waals surface area contributed by atoms with Gasteiger partial charge < -0.3 is 15.8 Å². The molecule has 0 aromatic heterocycles. The summed E-state index contributed by atoms with van der Waals surface area (Å²) in [5.41, 5.74) is 7.84. The van der Waals surface area contributed by atoms with Gasteiger partial charge >= 0.3 is 0 Å². The standard InChI is InChI=1S/C17H22N2O2/c1-12-5-6-16(14(10-12)4-3-8-18)17(20)19-15-7-9-21-13(2)11-15/h5-6,10,13,15H,7-9,11,18H2,1-2H3,(H,19,20). The zero-order chi connectivity index (χ0) is 15.2. The van der Waals surface area contributed by atoms with Crippen LogP contribution in [0, 0.1) is 18.8 Å². The van der Waals surface area contributed by atoms with Crippen LogP contribution in [0.5, 0.6) is 0 Å². The van der Waals surface area contributed by atoms with Crippen LogP contribution >= 0.6 is 0 Å². The predicted octanol–water partition coefficient (Wildman–Crippen LogP) is 1.60. The fraction of sp³-hybridized carbons (Fsp3) is 0.471. The summed E-state index contributed by atoms with van der Waals surface area (Å²) < 4.78 is 5.50. The molecule has 1 saturated heterocycles. The lowest BCUT2D eigenvalue weighted by Crippen LogP contribution is -2.41. The summed E-state index contributed by atoms with van der Waals surface area (Å²) in [4.78, 5) is 12.5. The molecule has 2 rings (SSSR count). The van der Waals surface area contributed by atoms with Crippen LogP contribution in [0.2, 0.25) is 0 Å². The van der Waals surface area contributed by atoms with Crippen molar-refractivity contribution in [2.45, 2.75) is 38.8 Å². The van der Waals surface area contributed by atoms with Gasteiger partial charge in [-0.1, -0.05) is 17.9 Å². The van der Waals surface area contributed by atoms with Gasteiger partial charge in [-0.3, -0.25) is 4.79 Å².